The van der Waals surface area contributed by atoms with Crippen LogP contribution in [0.2, 0.25) is 0 Å². The van der Waals surface area contributed by atoms with Crippen molar-refractivity contribution in [1.29, 1.82) is 0 Å². The van der Waals surface area contributed by atoms with Crippen LogP contribution in [-0.4, -0.2) is 35.9 Å². The van der Waals surface area contributed by atoms with Crippen LogP contribution < -0.4 is 15.8 Å². The Hall–Kier alpha value is -1.79. The predicted molar refractivity (Wildman–Crippen MR) is 78.1 cm³/mol. The first-order valence-electron chi connectivity index (χ1n) is 6.66. The van der Waals surface area contributed by atoms with Gasteiger partial charge in [0.15, 0.2) is 5.84 Å². The van der Waals surface area contributed by atoms with Gasteiger partial charge in [-0.3, -0.25) is 0 Å². The summed E-state index contributed by atoms with van der Waals surface area (Å²) in [7, 11) is 1.53. The molecule has 1 aromatic rings. The van der Waals surface area contributed by atoms with E-state index in [1.807, 2.05) is 13.0 Å². The molecule has 0 saturated carbocycles. The minimum Gasteiger partial charge on any atom is -0.496 e. The van der Waals surface area contributed by atoms with E-state index in [1.165, 1.54) is 7.11 Å². The van der Waals surface area contributed by atoms with Gasteiger partial charge in [0.2, 0.25) is 0 Å². The Morgan fingerprint density at radius 2 is 2.25 bits per heavy atom. The van der Waals surface area contributed by atoms with Crippen LogP contribution in [0.15, 0.2) is 23.4 Å². The van der Waals surface area contributed by atoms with Crippen molar-refractivity contribution in [1.82, 2.24) is 5.32 Å². The Kier molecular flexibility index (Phi) is 6.83. The van der Waals surface area contributed by atoms with Crippen LogP contribution in [0.4, 0.5) is 0 Å². The highest BCUT2D eigenvalue weighted by Gasteiger charge is 2.09. The number of hydrogen-bond acceptors (Lipinski definition) is 5. The molecule has 0 aliphatic heterocycles. The molecule has 0 spiro atoms. The average Bonchev–Trinajstić information content (AvgIpc) is 2.46. The first-order valence-corrected chi connectivity index (χ1v) is 6.66. The summed E-state index contributed by atoms with van der Waals surface area (Å²) < 4.78 is 5.17. The van der Waals surface area contributed by atoms with E-state index in [0.29, 0.717) is 24.4 Å². The fourth-order valence-corrected chi connectivity index (χ4v) is 1.94. The normalized spacial score (nSPS) is 13.2. The first kappa shape index (κ1) is 16.3. The molecule has 1 aromatic carbocycles. The van der Waals surface area contributed by atoms with Gasteiger partial charge in [-0.05, 0) is 24.1 Å². The second kappa shape index (κ2) is 8.39. The van der Waals surface area contributed by atoms with Gasteiger partial charge in [-0.15, -0.1) is 0 Å². The molecule has 20 heavy (non-hydrogen) atoms. The highest BCUT2D eigenvalue weighted by molar-refractivity contribution is 5.99. The number of aliphatic hydroxyl groups is 1. The number of rotatable bonds is 8. The lowest BCUT2D eigenvalue weighted by Crippen LogP contribution is -2.26. The molecule has 1 rings (SSSR count). The monoisotopic (exact) mass is 281 g/mol. The molecule has 0 fully saturated rings. The number of oxime groups is 1. The van der Waals surface area contributed by atoms with Gasteiger partial charge in [-0.1, -0.05) is 24.6 Å². The van der Waals surface area contributed by atoms with Crippen LogP contribution in [0.1, 0.15) is 30.9 Å². The van der Waals surface area contributed by atoms with E-state index in [1.54, 1.807) is 12.1 Å². The molecule has 1 unspecified atom stereocenters. The number of amidine groups is 1. The van der Waals surface area contributed by atoms with Crippen LogP contribution in [0.3, 0.4) is 0 Å². The van der Waals surface area contributed by atoms with Crippen molar-refractivity contribution in [2.45, 2.75) is 32.4 Å². The maximum atomic E-state index is 9.64. The van der Waals surface area contributed by atoms with Gasteiger partial charge in [-0.25, -0.2) is 0 Å². The Labute approximate surface area is 119 Å². The second-order valence-corrected chi connectivity index (χ2v) is 4.59. The SMILES string of the molecule is CCCC(O)CNCc1ccc(OC)c(/C(N)=N/O)c1. The van der Waals surface area contributed by atoms with Gasteiger partial charge >= 0.3 is 0 Å². The van der Waals surface area contributed by atoms with Gasteiger partial charge < -0.3 is 26.1 Å². The highest BCUT2D eigenvalue weighted by atomic mass is 16.5. The quantitative estimate of drug-likeness (QED) is 0.247. The minimum atomic E-state index is -0.332. The highest BCUT2D eigenvalue weighted by Crippen LogP contribution is 2.19. The molecule has 0 heterocycles. The topological polar surface area (TPSA) is 100 Å². The standard InChI is InChI=1S/C14H23N3O3/c1-3-4-11(18)9-16-8-10-5-6-13(20-2)12(7-10)14(15)17-19/h5-7,11,16,18-19H,3-4,8-9H2,1-2H3,(H2,15,17). The van der Waals surface area contributed by atoms with E-state index < -0.39 is 0 Å². The largest absolute Gasteiger partial charge is 0.496 e. The van der Waals surface area contributed by atoms with Crippen molar-refractivity contribution < 1.29 is 15.1 Å². The fourth-order valence-electron chi connectivity index (χ4n) is 1.94. The summed E-state index contributed by atoms with van der Waals surface area (Å²) in [5, 5.41) is 24.6. The van der Waals surface area contributed by atoms with Crippen LogP contribution in [0.5, 0.6) is 5.75 Å². The number of ether oxygens (including phenoxy) is 1. The van der Waals surface area contributed by atoms with Gasteiger partial charge in [0.1, 0.15) is 5.75 Å². The zero-order valence-electron chi connectivity index (χ0n) is 12.0. The third kappa shape index (κ3) is 4.71. The molecule has 0 aliphatic carbocycles. The van der Waals surface area contributed by atoms with E-state index >= 15 is 0 Å². The minimum absolute atomic E-state index is 0.00900. The summed E-state index contributed by atoms with van der Waals surface area (Å²) in [6.45, 7) is 3.17. The van der Waals surface area contributed by atoms with Crippen molar-refractivity contribution >= 4 is 5.84 Å². The lowest BCUT2D eigenvalue weighted by molar-refractivity contribution is 0.160. The first-order chi connectivity index (χ1) is 9.62. The molecule has 0 aliphatic rings. The zero-order valence-corrected chi connectivity index (χ0v) is 12.0. The van der Waals surface area contributed by atoms with E-state index in [9.17, 15) is 5.11 Å². The molecule has 0 saturated heterocycles. The smallest absolute Gasteiger partial charge is 0.173 e. The fraction of sp³-hybridized carbons (Fsp3) is 0.500. The molecular formula is C14H23N3O3. The average molecular weight is 281 g/mol. The zero-order chi connectivity index (χ0) is 15.0. The molecule has 112 valence electrons. The molecule has 6 heteroatoms. The summed E-state index contributed by atoms with van der Waals surface area (Å²) in [5.74, 6) is 0.560. The number of nitrogens with two attached hydrogens (primary N) is 1. The van der Waals surface area contributed by atoms with E-state index in [4.69, 9.17) is 15.7 Å². The van der Waals surface area contributed by atoms with Crippen LogP contribution in [0.25, 0.3) is 0 Å². The summed E-state index contributed by atoms with van der Waals surface area (Å²) in [6, 6.07) is 5.46. The number of nitrogens with one attached hydrogen (secondary N) is 1. The molecule has 0 bridgehead atoms. The molecule has 1 atom stereocenters. The second-order valence-electron chi connectivity index (χ2n) is 4.59. The lowest BCUT2D eigenvalue weighted by Gasteiger charge is -2.12. The van der Waals surface area contributed by atoms with Gasteiger partial charge in [0.05, 0.1) is 18.8 Å². The Balaban J connectivity index is 2.68. The van der Waals surface area contributed by atoms with Crippen molar-refractivity contribution in [3.8, 4) is 5.75 Å². The molecule has 0 radical (unpaired) electrons. The third-order valence-corrected chi connectivity index (χ3v) is 2.98. The lowest BCUT2D eigenvalue weighted by atomic mass is 10.1. The van der Waals surface area contributed by atoms with Crippen molar-refractivity contribution in [3.63, 3.8) is 0 Å². The Morgan fingerprint density at radius 1 is 1.50 bits per heavy atom. The molecule has 0 amide bonds. The van der Waals surface area contributed by atoms with Crippen molar-refractivity contribution in [3.05, 3.63) is 29.3 Å². The maximum absolute atomic E-state index is 9.64. The Morgan fingerprint density at radius 3 is 2.85 bits per heavy atom. The predicted octanol–water partition coefficient (Wildman–Crippen LogP) is 1.04. The molecule has 5 N–H and O–H groups in total. The number of benzene rings is 1. The van der Waals surface area contributed by atoms with Gasteiger partial charge in [-0.2, -0.15) is 0 Å². The summed E-state index contributed by atoms with van der Waals surface area (Å²) in [5.41, 5.74) is 7.13. The van der Waals surface area contributed by atoms with Gasteiger partial charge in [0.25, 0.3) is 0 Å². The van der Waals surface area contributed by atoms with Crippen LogP contribution >= 0.6 is 0 Å². The summed E-state index contributed by atoms with van der Waals surface area (Å²) in [6.07, 6.45) is 1.41. The third-order valence-electron chi connectivity index (χ3n) is 2.98. The van der Waals surface area contributed by atoms with E-state index in [2.05, 4.69) is 10.5 Å². The summed E-state index contributed by atoms with van der Waals surface area (Å²) >= 11 is 0. The van der Waals surface area contributed by atoms with E-state index in [-0.39, 0.29) is 11.9 Å². The molecular weight excluding hydrogens is 258 g/mol. The van der Waals surface area contributed by atoms with Gasteiger partial charge in [0, 0.05) is 13.1 Å². The van der Waals surface area contributed by atoms with Crippen molar-refractivity contribution in [2.24, 2.45) is 10.9 Å². The van der Waals surface area contributed by atoms with Crippen LogP contribution in [-0.2, 0) is 6.54 Å². The van der Waals surface area contributed by atoms with E-state index in [0.717, 1.165) is 18.4 Å². The molecule has 6 nitrogen and oxygen atoms in total. The van der Waals surface area contributed by atoms with Crippen molar-refractivity contribution in [2.75, 3.05) is 13.7 Å². The summed E-state index contributed by atoms with van der Waals surface area (Å²) in [4.78, 5) is 0. The number of methoxy groups -OCH3 is 1. The number of nitrogens with zero attached hydrogens (tertiary/aromatic N) is 1. The number of hydrogen-bond donors (Lipinski definition) is 4. The maximum Gasteiger partial charge on any atom is 0.173 e. The molecule has 0 aromatic heterocycles. The number of aliphatic hydroxyl groups excluding tert-OH is 1. The van der Waals surface area contributed by atoms with Crippen LogP contribution in [0, 0.1) is 0 Å². The Bertz CT molecular complexity index is 449.